The lowest BCUT2D eigenvalue weighted by Crippen LogP contribution is -2.23. The molecule has 0 heterocycles. The van der Waals surface area contributed by atoms with Crippen LogP contribution in [0, 0.1) is 5.92 Å². The van der Waals surface area contributed by atoms with Crippen molar-refractivity contribution in [3.05, 3.63) is 0 Å². The zero-order valence-corrected chi connectivity index (χ0v) is 12.9. The lowest BCUT2D eigenvalue weighted by atomic mass is 10.1. The van der Waals surface area contributed by atoms with Gasteiger partial charge < -0.3 is 4.55 Å². The van der Waals surface area contributed by atoms with Gasteiger partial charge >= 0.3 is 5.51 Å². The SMILES string of the molecule is CC[S+](CC)CC(=O)C(C)C.O=S(=O)([O-])C(F)(F)F. The molecule has 0 radical (unpaired) electrons. The molecule has 116 valence electrons. The summed E-state index contributed by atoms with van der Waals surface area (Å²) in [5, 5.41) is 0. The highest BCUT2D eigenvalue weighted by Crippen LogP contribution is 2.20. The van der Waals surface area contributed by atoms with E-state index in [1.807, 2.05) is 13.8 Å². The molecule has 4 nitrogen and oxygen atoms in total. The van der Waals surface area contributed by atoms with Crippen molar-refractivity contribution in [1.29, 1.82) is 0 Å². The summed E-state index contributed by atoms with van der Waals surface area (Å²) < 4.78 is 58.9. The van der Waals surface area contributed by atoms with Crippen molar-refractivity contribution in [2.45, 2.75) is 33.2 Å². The fourth-order valence-corrected chi connectivity index (χ4v) is 2.33. The van der Waals surface area contributed by atoms with Gasteiger partial charge in [-0.05, 0) is 24.7 Å². The molecule has 0 atom stereocenters. The van der Waals surface area contributed by atoms with Gasteiger partial charge in [0.1, 0.15) is 11.5 Å². The first kappa shape index (κ1) is 21.0. The summed E-state index contributed by atoms with van der Waals surface area (Å²) in [6.45, 7) is 8.30. The smallest absolute Gasteiger partial charge is 0.485 e. The van der Waals surface area contributed by atoms with Crippen LogP contribution in [0.25, 0.3) is 0 Å². The number of hydrogen-bond acceptors (Lipinski definition) is 4. The van der Waals surface area contributed by atoms with Crippen molar-refractivity contribution in [3.63, 3.8) is 0 Å². The van der Waals surface area contributed by atoms with Gasteiger partial charge in [-0.15, -0.1) is 0 Å². The normalized spacial score (nSPS) is 12.3. The molecule has 0 aliphatic heterocycles. The molecule has 0 aliphatic rings. The van der Waals surface area contributed by atoms with Gasteiger partial charge in [-0.3, -0.25) is 4.79 Å². The highest BCUT2D eigenvalue weighted by Gasteiger charge is 2.36. The molecule has 0 N–H and O–H groups in total. The van der Waals surface area contributed by atoms with Crippen LogP contribution in [-0.4, -0.2) is 41.5 Å². The molecule has 0 aliphatic carbocycles. The quantitative estimate of drug-likeness (QED) is 0.440. The number of carbonyl (C=O) groups is 1. The number of Topliss-reactive ketones (excluding diaryl/α,β-unsaturated/α-hetero) is 1. The molecule has 0 aromatic heterocycles. The molecule has 0 amide bonds. The number of hydrogen-bond donors (Lipinski definition) is 0. The monoisotopic (exact) mass is 324 g/mol. The van der Waals surface area contributed by atoms with E-state index < -0.39 is 15.6 Å². The van der Waals surface area contributed by atoms with Crippen LogP contribution in [0.5, 0.6) is 0 Å². The zero-order valence-electron chi connectivity index (χ0n) is 11.3. The van der Waals surface area contributed by atoms with Crippen molar-refractivity contribution in [2.75, 3.05) is 17.3 Å². The molecule has 19 heavy (non-hydrogen) atoms. The minimum absolute atomic E-state index is 0.225. The second-order valence-electron chi connectivity index (χ2n) is 3.85. The molecule has 0 bridgehead atoms. The summed E-state index contributed by atoms with van der Waals surface area (Å²) >= 11 is 0. The standard InChI is InChI=1S/C9H19OS.CHF3O3S/c1-5-11(6-2)7-9(10)8(3)4;2-1(3,4)8(5,6)7/h8H,5-7H2,1-4H3;(H,5,6,7)/q+1;/p-1. The second-order valence-corrected chi connectivity index (χ2v) is 7.89. The van der Waals surface area contributed by atoms with Crippen molar-refractivity contribution in [3.8, 4) is 0 Å². The van der Waals surface area contributed by atoms with E-state index in [0.29, 0.717) is 16.7 Å². The maximum Gasteiger partial charge on any atom is 0.485 e. The van der Waals surface area contributed by atoms with E-state index in [1.54, 1.807) is 0 Å². The largest absolute Gasteiger partial charge is 0.741 e. The number of carbonyl (C=O) groups excluding carboxylic acids is 1. The Kier molecular flexibility index (Phi) is 9.74. The maximum absolute atomic E-state index is 11.3. The fourth-order valence-electron chi connectivity index (χ4n) is 0.776. The Hall–Kier alpha value is -0.280. The van der Waals surface area contributed by atoms with Crippen molar-refractivity contribution < 1.29 is 30.9 Å². The van der Waals surface area contributed by atoms with E-state index in [4.69, 9.17) is 13.0 Å². The van der Waals surface area contributed by atoms with Crippen molar-refractivity contribution >= 4 is 26.8 Å². The first-order valence-corrected chi connectivity index (χ1v) is 8.69. The minimum Gasteiger partial charge on any atom is -0.741 e. The molecule has 0 saturated carbocycles. The molecule has 0 saturated heterocycles. The first-order valence-electron chi connectivity index (χ1n) is 5.55. The zero-order chi connectivity index (χ0) is 15.9. The highest BCUT2D eigenvalue weighted by atomic mass is 32.2. The van der Waals surface area contributed by atoms with Crippen LogP contribution in [0.15, 0.2) is 0 Å². The fraction of sp³-hybridized carbons (Fsp3) is 0.900. The molecule has 0 aromatic rings. The third-order valence-electron chi connectivity index (χ3n) is 2.09. The van der Waals surface area contributed by atoms with Crippen molar-refractivity contribution in [1.82, 2.24) is 0 Å². The molecule has 0 fully saturated rings. The van der Waals surface area contributed by atoms with Crippen LogP contribution in [0.4, 0.5) is 13.2 Å². The summed E-state index contributed by atoms with van der Waals surface area (Å²) in [5.74, 6) is 3.79. The molecule has 0 unspecified atom stereocenters. The highest BCUT2D eigenvalue weighted by molar-refractivity contribution is 7.97. The predicted octanol–water partition coefficient (Wildman–Crippen LogP) is 1.92. The Balaban J connectivity index is 0. The summed E-state index contributed by atoms with van der Waals surface area (Å²) in [7, 11) is -5.73. The van der Waals surface area contributed by atoms with E-state index >= 15 is 0 Å². The Bertz CT molecular complexity index is 359. The van der Waals surface area contributed by atoms with Gasteiger partial charge in [0.15, 0.2) is 21.7 Å². The van der Waals surface area contributed by atoms with E-state index in [9.17, 15) is 18.0 Å². The predicted molar refractivity (Wildman–Crippen MR) is 68.9 cm³/mol. The second kappa shape index (κ2) is 8.80. The van der Waals surface area contributed by atoms with Crippen molar-refractivity contribution in [2.24, 2.45) is 5.92 Å². The summed E-state index contributed by atoms with van der Waals surface area (Å²) in [4.78, 5) is 11.3. The van der Waals surface area contributed by atoms with Gasteiger partial charge in [0.25, 0.3) is 0 Å². The number of halogens is 3. The van der Waals surface area contributed by atoms with Gasteiger partial charge in [0, 0.05) is 5.92 Å². The first-order chi connectivity index (χ1) is 8.36. The third-order valence-corrected chi connectivity index (χ3v) is 4.98. The van der Waals surface area contributed by atoms with E-state index in [2.05, 4.69) is 13.8 Å². The van der Waals surface area contributed by atoms with Gasteiger partial charge in [0.05, 0.1) is 0 Å². The molecule has 9 heteroatoms. The molecule has 0 rings (SSSR count). The van der Waals surface area contributed by atoms with Crippen LogP contribution in [0.3, 0.4) is 0 Å². The van der Waals surface area contributed by atoms with Gasteiger partial charge in [-0.2, -0.15) is 13.2 Å². The number of ketones is 1. The van der Waals surface area contributed by atoms with E-state index in [1.165, 1.54) is 0 Å². The summed E-state index contributed by atoms with van der Waals surface area (Å²) in [5.41, 5.74) is -5.65. The lowest BCUT2D eigenvalue weighted by molar-refractivity contribution is -0.119. The van der Waals surface area contributed by atoms with E-state index in [0.717, 1.165) is 17.3 Å². The van der Waals surface area contributed by atoms with Crippen LogP contribution in [-0.2, 0) is 25.8 Å². The molecule has 0 aromatic carbocycles. The van der Waals surface area contributed by atoms with Gasteiger partial charge in [-0.1, -0.05) is 13.8 Å². The third kappa shape index (κ3) is 10.2. The van der Waals surface area contributed by atoms with Gasteiger partial charge in [-0.25, -0.2) is 8.42 Å². The number of alkyl halides is 3. The molecular weight excluding hydrogens is 305 g/mol. The van der Waals surface area contributed by atoms with Crippen LogP contribution in [0.2, 0.25) is 0 Å². The number of rotatable bonds is 5. The van der Waals surface area contributed by atoms with E-state index in [-0.39, 0.29) is 5.92 Å². The summed E-state index contributed by atoms with van der Waals surface area (Å²) in [6.07, 6.45) is 0. The average molecular weight is 324 g/mol. The van der Waals surface area contributed by atoms with Crippen LogP contribution < -0.4 is 0 Å². The Labute approximate surface area is 114 Å². The summed E-state index contributed by atoms with van der Waals surface area (Å²) in [6, 6.07) is 0. The Morgan fingerprint density at radius 1 is 1.21 bits per heavy atom. The van der Waals surface area contributed by atoms with Gasteiger partial charge in [0.2, 0.25) is 0 Å². The molecule has 0 spiro atoms. The average Bonchev–Trinajstić information content (AvgIpc) is 2.23. The maximum atomic E-state index is 11.3. The Morgan fingerprint density at radius 3 is 1.68 bits per heavy atom. The lowest BCUT2D eigenvalue weighted by Gasteiger charge is -2.08. The van der Waals surface area contributed by atoms with Crippen LogP contribution in [0.1, 0.15) is 27.7 Å². The van der Waals surface area contributed by atoms with Crippen LogP contribution >= 0.6 is 0 Å². The Morgan fingerprint density at radius 2 is 1.53 bits per heavy atom. The minimum atomic E-state index is -6.09. The molecular formula is C10H19F3O4S2. The topological polar surface area (TPSA) is 74.3 Å².